The number of carbonyl (C=O) groups is 1. The Morgan fingerprint density at radius 1 is 1.16 bits per heavy atom. The molecule has 0 aliphatic carbocycles. The van der Waals surface area contributed by atoms with E-state index in [4.69, 9.17) is 9.05 Å². The van der Waals surface area contributed by atoms with Gasteiger partial charge in [-0.05, 0) is 19.8 Å². The first-order valence-electron chi connectivity index (χ1n) is 8.97. The van der Waals surface area contributed by atoms with Crippen molar-refractivity contribution < 1.29 is 13.8 Å². The molecule has 7 heteroatoms. The van der Waals surface area contributed by atoms with E-state index in [9.17, 15) is 4.79 Å². The highest BCUT2D eigenvalue weighted by atomic mass is 16.5. The van der Waals surface area contributed by atoms with Crippen molar-refractivity contribution in [1.82, 2.24) is 20.2 Å². The SMILES string of the molecule is Cc1noc(C(C)C)c1C(=O)N1CCC[C@@H](c2noc(C(C)C)n2)C1. The fourth-order valence-electron chi connectivity index (χ4n) is 3.22. The molecular formula is C18H26N4O3. The summed E-state index contributed by atoms with van der Waals surface area (Å²) >= 11 is 0. The van der Waals surface area contributed by atoms with Crippen molar-refractivity contribution in [3.8, 4) is 0 Å². The Morgan fingerprint density at radius 3 is 2.56 bits per heavy atom. The average molecular weight is 346 g/mol. The van der Waals surface area contributed by atoms with Crippen LogP contribution in [-0.2, 0) is 0 Å². The van der Waals surface area contributed by atoms with Gasteiger partial charge in [0.25, 0.3) is 5.91 Å². The maximum Gasteiger partial charge on any atom is 0.259 e. The number of nitrogens with zero attached hydrogens (tertiary/aromatic N) is 4. The van der Waals surface area contributed by atoms with Crippen LogP contribution in [0.1, 0.15) is 91.8 Å². The zero-order valence-corrected chi connectivity index (χ0v) is 15.6. The summed E-state index contributed by atoms with van der Waals surface area (Å²) in [6, 6.07) is 0. The molecule has 0 spiro atoms. The van der Waals surface area contributed by atoms with Gasteiger partial charge in [0.15, 0.2) is 11.6 Å². The van der Waals surface area contributed by atoms with Crippen LogP contribution in [0.3, 0.4) is 0 Å². The van der Waals surface area contributed by atoms with E-state index in [0.29, 0.717) is 35.3 Å². The van der Waals surface area contributed by atoms with Crippen molar-refractivity contribution in [2.24, 2.45) is 0 Å². The number of rotatable bonds is 4. The van der Waals surface area contributed by atoms with Crippen LogP contribution in [0, 0.1) is 6.92 Å². The van der Waals surface area contributed by atoms with E-state index < -0.39 is 0 Å². The minimum Gasteiger partial charge on any atom is -0.360 e. The second-order valence-electron chi connectivity index (χ2n) is 7.40. The Balaban J connectivity index is 1.79. The molecule has 1 aliphatic heterocycles. The number of piperidine rings is 1. The summed E-state index contributed by atoms with van der Waals surface area (Å²) in [6.45, 7) is 11.2. The predicted molar refractivity (Wildman–Crippen MR) is 91.6 cm³/mol. The molecular weight excluding hydrogens is 320 g/mol. The van der Waals surface area contributed by atoms with Crippen LogP contribution in [0.5, 0.6) is 0 Å². The topological polar surface area (TPSA) is 85.3 Å². The molecule has 7 nitrogen and oxygen atoms in total. The van der Waals surface area contributed by atoms with E-state index in [1.54, 1.807) is 0 Å². The molecule has 0 saturated carbocycles. The van der Waals surface area contributed by atoms with Crippen LogP contribution < -0.4 is 0 Å². The number of likely N-dealkylation sites (tertiary alicyclic amines) is 1. The van der Waals surface area contributed by atoms with Crippen LogP contribution in [0.2, 0.25) is 0 Å². The fraction of sp³-hybridized carbons (Fsp3) is 0.667. The van der Waals surface area contributed by atoms with Gasteiger partial charge in [-0.3, -0.25) is 4.79 Å². The lowest BCUT2D eigenvalue weighted by Gasteiger charge is -2.31. The van der Waals surface area contributed by atoms with E-state index in [-0.39, 0.29) is 23.7 Å². The largest absolute Gasteiger partial charge is 0.360 e. The number of aromatic nitrogens is 3. The lowest BCUT2D eigenvalue weighted by atomic mass is 9.96. The van der Waals surface area contributed by atoms with Gasteiger partial charge in [-0.2, -0.15) is 4.98 Å². The van der Waals surface area contributed by atoms with Crippen LogP contribution in [0.4, 0.5) is 0 Å². The van der Waals surface area contributed by atoms with E-state index in [0.717, 1.165) is 19.4 Å². The molecule has 1 fully saturated rings. The van der Waals surface area contributed by atoms with Crippen molar-refractivity contribution in [1.29, 1.82) is 0 Å². The molecule has 0 aromatic carbocycles. The van der Waals surface area contributed by atoms with Gasteiger partial charge in [-0.1, -0.05) is 38.0 Å². The van der Waals surface area contributed by atoms with Crippen molar-refractivity contribution in [3.05, 3.63) is 28.7 Å². The molecule has 3 heterocycles. The number of hydrogen-bond donors (Lipinski definition) is 0. The van der Waals surface area contributed by atoms with Gasteiger partial charge in [-0.15, -0.1) is 0 Å². The Bertz CT molecular complexity index is 747. The zero-order valence-electron chi connectivity index (χ0n) is 15.6. The Labute approximate surface area is 147 Å². The highest BCUT2D eigenvalue weighted by Gasteiger charge is 2.32. The second-order valence-corrected chi connectivity index (χ2v) is 7.40. The van der Waals surface area contributed by atoms with Crippen LogP contribution >= 0.6 is 0 Å². The molecule has 0 radical (unpaired) electrons. The standard InChI is InChI=1S/C18H26N4O3/c1-10(2)15-14(12(5)20-24-15)18(23)22-8-6-7-13(9-22)16-19-17(11(3)4)25-21-16/h10-11,13H,6-9H2,1-5H3/t13-/m1/s1. The fourth-order valence-corrected chi connectivity index (χ4v) is 3.22. The summed E-state index contributed by atoms with van der Waals surface area (Å²) in [7, 11) is 0. The molecule has 25 heavy (non-hydrogen) atoms. The van der Waals surface area contributed by atoms with E-state index in [1.165, 1.54) is 0 Å². The normalized spacial score (nSPS) is 18.4. The molecule has 1 atom stereocenters. The van der Waals surface area contributed by atoms with Crippen molar-refractivity contribution in [3.63, 3.8) is 0 Å². The highest BCUT2D eigenvalue weighted by molar-refractivity contribution is 5.96. The first-order valence-corrected chi connectivity index (χ1v) is 8.97. The number of carbonyl (C=O) groups excluding carboxylic acids is 1. The minimum atomic E-state index is -0.0141. The number of amides is 1. The van der Waals surface area contributed by atoms with Crippen molar-refractivity contribution >= 4 is 5.91 Å². The molecule has 1 amide bonds. The predicted octanol–water partition coefficient (Wildman–Crippen LogP) is 3.63. The first kappa shape index (κ1) is 17.6. The third-order valence-corrected chi connectivity index (χ3v) is 4.65. The molecule has 3 rings (SSSR count). The van der Waals surface area contributed by atoms with E-state index in [1.807, 2.05) is 39.5 Å². The number of hydrogen-bond acceptors (Lipinski definition) is 6. The van der Waals surface area contributed by atoms with Gasteiger partial charge in [0.05, 0.1) is 5.69 Å². The van der Waals surface area contributed by atoms with Gasteiger partial charge in [0.2, 0.25) is 5.89 Å². The molecule has 136 valence electrons. The number of aryl methyl sites for hydroxylation is 1. The monoisotopic (exact) mass is 346 g/mol. The summed E-state index contributed by atoms with van der Waals surface area (Å²) in [5, 5.41) is 8.12. The van der Waals surface area contributed by atoms with Gasteiger partial charge < -0.3 is 13.9 Å². The van der Waals surface area contributed by atoms with E-state index >= 15 is 0 Å². The first-order chi connectivity index (χ1) is 11.9. The van der Waals surface area contributed by atoms with Crippen molar-refractivity contribution in [2.45, 2.75) is 65.2 Å². The summed E-state index contributed by atoms with van der Waals surface area (Å²) in [6.07, 6.45) is 1.88. The van der Waals surface area contributed by atoms with Crippen LogP contribution in [0.15, 0.2) is 9.05 Å². The Kier molecular flexibility index (Phi) is 4.92. The van der Waals surface area contributed by atoms with Gasteiger partial charge in [0, 0.05) is 30.8 Å². The van der Waals surface area contributed by atoms with E-state index in [2.05, 4.69) is 15.3 Å². The Hall–Kier alpha value is -2.18. The van der Waals surface area contributed by atoms with Gasteiger partial charge >= 0.3 is 0 Å². The molecule has 2 aromatic rings. The maximum absolute atomic E-state index is 13.1. The summed E-state index contributed by atoms with van der Waals surface area (Å²) in [4.78, 5) is 19.4. The van der Waals surface area contributed by atoms with Crippen LogP contribution in [0.25, 0.3) is 0 Å². The van der Waals surface area contributed by atoms with Crippen molar-refractivity contribution in [2.75, 3.05) is 13.1 Å². The molecule has 1 saturated heterocycles. The summed E-state index contributed by atoms with van der Waals surface area (Å²) < 4.78 is 10.7. The van der Waals surface area contributed by atoms with Gasteiger partial charge in [0.1, 0.15) is 5.56 Å². The molecule has 0 N–H and O–H groups in total. The summed E-state index contributed by atoms with van der Waals surface area (Å²) in [5.74, 6) is 2.42. The maximum atomic E-state index is 13.1. The summed E-state index contributed by atoms with van der Waals surface area (Å²) in [5.41, 5.74) is 1.25. The second kappa shape index (κ2) is 6.98. The minimum absolute atomic E-state index is 0.0141. The zero-order chi connectivity index (χ0) is 18.1. The van der Waals surface area contributed by atoms with Crippen LogP contribution in [-0.4, -0.2) is 39.2 Å². The highest BCUT2D eigenvalue weighted by Crippen LogP contribution is 2.29. The lowest BCUT2D eigenvalue weighted by molar-refractivity contribution is 0.0700. The quantitative estimate of drug-likeness (QED) is 0.840. The van der Waals surface area contributed by atoms with Gasteiger partial charge in [-0.25, -0.2) is 0 Å². The molecule has 0 unspecified atom stereocenters. The molecule has 2 aromatic heterocycles. The Morgan fingerprint density at radius 2 is 1.92 bits per heavy atom. The smallest absolute Gasteiger partial charge is 0.259 e. The lowest BCUT2D eigenvalue weighted by Crippen LogP contribution is -2.40. The average Bonchev–Trinajstić information content (AvgIpc) is 3.21. The third kappa shape index (κ3) is 3.45. The third-order valence-electron chi connectivity index (χ3n) is 4.65. The molecule has 1 aliphatic rings. The molecule has 0 bridgehead atoms.